The number of aryl methyl sites for hydroxylation is 1. The van der Waals surface area contributed by atoms with Crippen LogP contribution in [0.3, 0.4) is 0 Å². The Hall–Kier alpha value is -2.04. The van der Waals surface area contributed by atoms with E-state index in [-0.39, 0.29) is 5.56 Å². The molecule has 1 aliphatic heterocycles. The highest BCUT2D eigenvalue weighted by Gasteiger charge is 2.46. The summed E-state index contributed by atoms with van der Waals surface area (Å²) in [6, 6.07) is 9.51. The van der Waals surface area contributed by atoms with Crippen molar-refractivity contribution < 1.29 is 26.4 Å². The average molecular weight is 459 g/mol. The lowest BCUT2D eigenvalue weighted by Crippen LogP contribution is -2.32. The molecule has 2 aromatic rings. The highest BCUT2D eigenvalue weighted by Crippen LogP contribution is 2.30. The van der Waals surface area contributed by atoms with Gasteiger partial charge < -0.3 is 5.32 Å². The smallest absolute Gasteiger partial charge is 0.322 e. The molecule has 10 heteroatoms. The van der Waals surface area contributed by atoms with Gasteiger partial charge in [0.1, 0.15) is 0 Å². The van der Waals surface area contributed by atoms with Crippen molar-refractivity contribution in [1.82, 2.24) is 4.90 Å². The molecule has 0 unspecified atom stereocenters. The molecule has 2 aromatic carbocycles. The van der Waals surface area contributed by atoms with Gasteiger partial charge in [0.05, 0.1) is 4.90 Å². The molecule has 1 amide bonds. The maximum Gasteiger partial charge on any atom is 0.501 e. The molecule has 1 N–H and O–H groups in total. The van der Waals surface area contributed by atoms with Crippen LogP contribution in [0.1, 0.15) is 21.5 Å². The van der Waals surface area contributed by atoms with Gasteiger partial charge in [0.25, 0.3) is 15.7 Å². The number of carbonyl (C=O) groups is 1. The molecule has 0 aliphatic carbocycles. The van der Waals surface area contributed by atoms with E-state index in [9.17, 15) is 26.4 Å². The number of nitrogens with one attached hydrogen (secondary N) is 1. The molecule has 0 bridgehead atoms. The molecular formula is C20H21F3N2O3S2. The van der Waals surface area contributed by atoms with Gasteiger partial charge in [-0.05, 0) is 48.4 Å². The van der Waals surface area contributed by atoms with Gasteiger partial charge in [-0.25, -0.2) is 8.42 Å². The fourth-order valence-corrected chi connectivity index (χ4v) is 4.77. The number of anilines is 1. The molecule has 30 heavy (non-hydrogen) atoms. The number of halogens is 3. The Morgan fingerprint density at radius 1 is 1.10 bits per heavy atom. The number of amides is 1. The maximum absolute atomic E-state index is 12.6. The summed E-state index contributed by atoms with van der Waals surface area (Å²) >= 11 is 1.93. The van der Waals surface area contributed by atoms with Gasteiger partial charge in [-0.2, -0.15) is 24.9 Å². The third kappa shape index (κ3) is 5.16. The van der Waals surface area contributed by atoms with Crippen molar-refractivity contribution in [2.45, 2.75) is 23.9 Å². The van der Waals surface area contributed by atoms with E-state index in [1.807, 2.05) is 36.9 Å². The molecule has 0 aromatic heterocycles. The van der Waals surface area contributed by atoms with Crippen molar-refractivity contribution in [2.24, 2.45) is 0 Å². The molecule has 1 aliphatic rings. The summed E-state index contributed by atoms with van der Waals surface area (Å²) in [6.45, 7) is 4.63. The fourth-order valence-electron chi connectivity index (χ4n) is 3.03. The second-order valence-corrected chi connectivity index (χ2v) is 10.1. The van der Waals surface area contributed by atoms with Crippen LogP contribution >= 0.6 is 11.8 Å². The Balaban J connectivity index is 1.73. The van der Waals surface area contributed by atoms with Crippen molar-refractivity contribution in [1.29, 1.82) is 0 Å². The minimum absolute atomic E-state index is 0.0639. The van der Waals surface area contributed by atoms with Gasteiger partial charge in [0.15, 0.2) is 0 Å². The number of nitrogens with zero attached hydrogens (tertiary/aromatic N) is 1. The summed E-state index contributed by atoms with van der Waals surface area (Å²) in [5.74, 6) is 1.66. The number of carbonyl (C=O) groups excluding carboxylic acids is 1. The Bertz CT molecular complexity index is 1020. The molecule has 162 valence electrons. The van der Waals surface area contributed by atoms with Crippen molar-refractivity contribution in [3.63, 3.8) is 0 Å². The van der Waals surface area contributed by atoms with Crippen LogP contribution in [0.25, 0.3) is 0 Å². The summed E-state index contributed by atoms with van der Waals surface area (Å²) < 4.78 is 60.8. The lowest BCUT2D eigenvalue weighted by Gasteiger charge is -2.26. The van der Waals surface area contributed by atoms with Crippen LogP contribution in [0.4, 0.5) is 18.9 Å². The first kappa shape index (κ1) is 22.6. The third-order valence-electron chi connectivity index (χ3n) is 4.79. The van der Waals surface area contributed by atoms with E-state index in [0.717, 1.165) is 66.5 Å². The van der Waals surface area contributed by atoms with Crippen LogP contribution in [0, 0.1) is 6.92 Å². The highest BCUT2D eigenvalue weighted by molar-refractivity contribution is 7.99. The molecule has 0 radical (unpaired) electrons. The largest absolute Gasteiger partial charge is 0.501 e. The molecule has 3 rings (SSSR count). The number of thioether (sulfide) groups is 1. The zero-order valence-electron chi connectivity index (χ0n) is 16.2. The molecule has 1 saturated heterocycles. The van der Waals surface area contributed by atoms with Crippen molar-refractivity contribution in [3.8, 4) is 0 Å². The van der Waals surface area contributed by atoms with Crippen LogP contribution in [0.5, 0.6) is 0 Å². The first-order valence-corrected chi connectivity index (χ1v) is 11.8. The van der Waals surface area contributed by atoms with Gasteiger partial charge in [-0.3, -0.25) is 9.69 Å². The van der Waals surface area contributed by atoms with E-state index < -0.39 is 26.1 Å². The quantitative estimate of drug-likeness (QED) is 0.731. The van der Waals surface area contributed by atoms with Gasteiger partial charge in [0, 0.05) is 42.4 Å². The Morgan fingerprint density at radius 3 is 2.33 bits per heavy atom. The highest BCUT2D eigenvalue weighted by atomic mass is 32.2. The molecule has 1 heterocycles. The number of hydrogen-bond acceptors (Lipinski definition) is 5. The Morgan fingerprint density at radius 2 is 1.73 bits per heavy atom. The number of rotatable bonds is 5. The summed E-state index contributed by atoms with van der Waals surface area (Å²) in [4.78, 5) is 14.0. The molecule has 1 fully saturated rings. The number of hydrogen-bond donors (Lipinski definition) is 1. The SMILES string of the molecule is Cc1ccc(CN2CCSCC2)cc1NC(=O)c1ccc(S(=O)(=O)C(F)(F)F)cc1. The van der Waals surface area contributed by atoms with E-state index >= 15 is 0 Å². The van der Waals surface area contributed by atoms with E-state index in [2.05, 4.69) is 10.2 Å². The van der Waals surface area contributed by atoms with E-state index in [1.165, 1.54) is 0 Å². The number of sulfone groups is 1. The van der Waals surface area contributed by atoms with Crippen LogP contribution in [-0.4, -0.2) is 49.3 Å². The number of alkyl halides is 3. The monoisotopic (exact) mass is 458 g/mol. The third-order valence-corrected chi connectivity index (χ3v) is 7.24. The van der Waals surface area contributed by atoms with Crippen molar-refractivity contribution in [3.05, 3.63) is 59.2 Å². The standard InChI is InChI=1S/C20H21F3N2O3S2/c1-14-2-3-15(13-25-8-10-29-11-9-25)12-18(14)24-19(26)16-4-6-17(7-5-16)30(27,28)20(21,22)23/h2-7,12H,8-11,13H2,1H3,(H,24,26). The Kier molecular flexibility index (Phi) is 6.78. The first-order valence-electron chi connectivity index (χ1n) is 9.20. The number of benzene rings is 2. The normalized spacial score (nSPS) is 15.7. The summed E-state index contributed by atoms with van der Waals surface area (Å²) in [5, 5.41) is 2.76. The summed E-state index contributed by atoms with van der Waals surface area (Å²) in [5.41, 5.74) is -2.82. The van der Waals surface area contributed by atoms with Gasteiger partial charge >= 0.3 is 5.51 Å². The van der Waals surface area contributed by atoms with Crippen LogP contribution in [-0.2, 0) is 16.4 Å². The van der Waals surface area contributed by atoms with Gasteiger partial charge in [-0.1, -0.05) is 12.1 Å². The molecular weight excluding hydrogens is 437 g/mol. The zero-order chi connectivity index (χ0) is 21.9. The van der Waals surface area contributed by atoms with E-state index in [4.69, 9.17) is 0 Å². The average Bonchev–Trinajstić information content (AvgIpc) is 2.70. The minimum atomic E-state index is -5.44. The predicted molar refractivity (Wildman–Crippen MR) is 111 cm³/mol. The second kappa shape index (κ2) is 8.99. The molecule has 0 saturated carbocycles. The maximum atomic E-state index is 12.6. The Labute approximate surface area is 177 Å². The lowest BCUT2D eigenvalue weighted by molar-refractivity contribution is -0.0436. The first-order chi connectivity index (χ1) is 14.1. The molecule has 0 atom stereocenters. The molecule has 0 spiro atoms. The van der Waals surface area contributed by atoms with Crippen LogP contribution in [0.15, 0.2) is 47.4 Å². The fraction of sp³-hybridized carbons (Fsp3) is 0.350. The molecule has 5 nitrogen and oxygen atoms in total. The van der Waals surface area contributed by atoms with Gasteiger partial charge in [-0.15, -0.1) is 0 Å². The van der Waals surface area contributed by atoms with Crippen molar-refractivity contribution in [2.75, 3.05) is 29.9 Å². The van der Waals surface area contributed by atoms with Crippen molar-refractivity contribution >= 4 is 33.2 Å². The van der Waals surface area contributed by atoms with Gasteiger partial charge in [0.2, 0.25) is 0 Å². The zero-order valence-corrected chi connectivity index (χ0v) is 17.8. The predicted octanol–water partition coefficient (Wildman–Crippen LogP) is 4.09. The topological polar surface area (TPSA) is 66.5 Å². The lowest BCUT2D eigenvalue weighted by atomic mass is 10.1. The van der Waals surface area contributed by atoms with E-state index in [1.54, 1.807) is 0 Å². The van der Waals surface area contributed by atoms with Crippen LogP contribution in [0.2, 0.25) is 0 Å². The van der Waals surface area contributed by atoms with E-state index in [0.29, 0.717) is 5.69 Å². The second-order valence-electron chi connectivity index (χ2n) is 6.97. The van der Waals surface area contributed by atoms with Crippen LogP contribution < -0.4 is 5.32 Å². The minimum Gasteiger partial charge on any atom is -0.322 e. The summed E-state index contributed by atoms with van der Waals surface area (Å²) in [6.07, 6.45) is 0. The summed E-state index contributed by atoms with van der Waals surface area (Å²) in [7, 11) is -5.44.